The van der Waals surface area contributed by atoms with Gasteiger partial charge in [0.2, 0.25) is 0 Å². The molecule has 2 aliphatic carbocycles. The summed E-state index contributed by atoms with van der Waals surface area (Å²) in [6.45, 7) is 6.58. The number of aliphatic hydroxyl groups excluding tert-OH is 1. The second-order valence-corrected chi connectivity index (χ2v) is 8.22. The van der Waals surface area contributed by atoms with Crippen LogP contribution in [0.15, 0.2) is 34.7 Å². The average Bonchev–Trinajstić information content (AvgIpc) is 3.04. The molecule has 0 bridgehead atoms. The van der Waals surface area contributed by atoms with Crippen LogP contribution in [0.4, 0.5) is 0 Å². The highest BCUT2D eigenvalue weighted by molar-refractivity contribution is 5.87. The minimum Gasteiger partial charge on any atom is -0.545 e. The number of hydrogen-bond acceptors (Lipinski definition) is 4. The highest BCUT2D eigenvalue weighted by Crippen LogP contribution is 2.61. The number of carboxylic acid groups (broad SMARTS) is 1. The van der Waals surface area contributed by atoms with Gasteiger partial charge >= 0.3 is 0 Å². The van der Waals surface area contributed by atoms with E-state index in [1.807, 2.05) is 13.0 Å². The van der Waals surface area contributed by atoms with Gasteiger partial charge < -0.3 is 19.4 Å². The van der Waals surface area contributed by atoms with Crippen LogP contribution in [0.3, 0.4) is 0 Å². The van der Waals surface area contributed by atoms with Gasteiger partial charge in [0.25, 0.3) is 0 Å². The van der Waals surface area contributed by atoms with Crippen LogP contribution in [0.5, 0.6) is 0 Å². The molecule has 1 aromatic rings. The lowest BCUT2D eigenvalue weighted by Crippen LogP contribution is -2.54. The van der Waals surface area contributed by atoms with Gasteiger partial charge in [-0.15, -0.1) is 0 Å². The monoisotopic (exact) mass is 331 g/mol. The number of rotatable bonds is 4. The lowest BCUT2D eigenvalue weighted by Gasteiger charge is -2.59. The highest BCUT2D eigenvalue weighted by Gasteiger charge is 2.55. The van der Waals surface area contributed by atoms with E-state index in [9.17, 15) is 15.0 Å². The maximum atomic E-state index is 11.7. The summed E-state index contributed by atoms with van der Waals surface area (Å²) < 4.78 is 5.17. The Bertz CT molecular complexity index is 632. The fraction of sp³-hybridized carbons (Fsp3) is 0.650. The molecule has 24 heavy (non-hydrogen) atoms. The van der Waals surface area contributed by atoms with Crippen molar-refractivity contribution in [1.29, 1.82) is 0 Å². The molecule has 1 N–H and O–H groups in total. The molecule has 3 rings (SSSR count). The predicted octanol–water partition coefficient (Wildman–Crippen LogP) is 2.71. The summed E-state index contributed by atoms with van der Waals surface area (Å²) in [5.74, 6) is -0.516. The molecule has 4 nitrogen and oxygen atoms in total. The third-order valence-corrected chi connectivity index (χ3v) is 6.99. The molecule has 0 radical (unpaired) electrons. The predicted molar refractivity (Wildman–Crippen MR) is 88.8 cm³/mol. The summed E-state index contributed by atoms with van der Waals surface area (Å²) in [6.07, 6.45) is 8.60. The molecule has 0 saturated heterocycles. The van der Waals surface area contributed by atoms with Gasteiger partial charge in [-0.1, -0.05) is 26.8 Å². The highest BCUT2D eigenvalue weighted by atomic mass is 16.4. The number of aliphatic carboxylic acids is 1. The second kappa shape index (κ2) is 6.07. The number of furan rings is 1. The number of carbonyl (C=O) groups excluding carboxylic acids is 1. The van der Waals surface area contributed by atoms with Crippen LogP contribution in [-0.2, 0) is 11.2 Å². The number of carboxylic acids is 1. The third kappa shape index (κ3) is 2.71. The Balaban J connectivity index is 1.93. The Morgan fingerprint density at radius 1 is 1.46 bits per heavy atom. The zero-order valence-corrected chi connectivity index (χ0v) is 14.7. The molecule has 2 aliphatic rings. The molecule has 5 atom stereocenters. The molecule has 0 aliphatic heterocycles. The molecular weight excluding hydrogens is 304 g/mol. The summed E-state index contributed by atoms with van der Waals surface area (Å²) in [5, 5.41) is 22.0. The van der Waals surface area contributed by atoms with Crippen LogP contribution in [0.1, 0.15) is 52.0 Å². The van der Waals surface area contributed by atoms with E-state index < -0.39 is 17.5 Å². The van der Waals surface area contributed by atoms with Gasteiger partial charge in [0.05, 0.1) is 24.6 Å². The minimum atomic E-state index is -1.13. The van der Waals surface area contributed by atoms with Gasteiger partial charge in [0.1, 0.15) is 0 Å². The Hall–Kier alpha value is -1.55. The Morgan fingerprint density at radius 3 is 2.83 bits per heavy atom. The van der Waals surface area contributed by atoms with E-state index in [0.717, 1.165) is 25.7 Å². The van der Waals surface area contributed by atoms with Crippen molar-refractivity contribution in [3.8, 4) is 0 Å². The smallest absolute Gasteiger partial charge is 0.0934 e. The van der Waals surface area contributed by atoms with E-state index in [1.54, 1.807) is 12.5 Å². The van der Waals surface area contributed by atoms with E-state index in [-0.39, 0.29) is 11.3 Å². The van der Waals surface area contributed by atoms with Crippen LogP contribution in [0.25, 0.3) is 0 Å². The van der Waals surface area contributed by atoms with Crippen molar-refractivity contribution in [2.45, 2.75) is 59.0 Å². The first-order valence-electron chi connectivity index (χ1n) is 8.90. The Kier molecular flexibility index (Phi) is 4.37. The van der Waals surface area contributed by atoms with Crippen molar-refractivity contribution in [1.82, 2.24) is 0 Å². The van der Waals surface area contributed by atoms with Crippen molar-refractivity contribution >= 4 is 5.97 Å². The van der Waals surface area contributed by atoms with Gasteiger partial charge in [-0.2, -0.15) is 0 Å². The quantitative estimate of drug-likeness (QED) is 0.920. The zero-order valence-electron chi connectivity index (χ0n) is 14.7. The van der Waals surface area contributed by atoms with E-state index in [2.05, 4.69) is 13.8 Å². The van der Waals surface area contributed by atoms with Gasteiger partial charge in [-0.25, -0.2) is 0 Å². The maximum Gasteiger partial charge on any atom is 0.0934 e. The van der Waals surface area contributed by atoms with Crippen LogP contribution in [-0.4, -0.2) is 17.2 Å². The first-order chi connectivity index (χ1) is 11.3. The summed E-state index contributed by atoms with van der Waals surface area (Å²) >= 11 is 0. The summed E-state index contributed by atoms with van der Waals surface area (Å²) in [4.78, 5) is 11.7. The van der Waals surface area contributed by atoms with E-state index in [4.69, 9.17) is 4.42 Å². The van der Waals surface area contributed by atoms with Crippen molar-refractivity contribution in [3.63, 3.8) is 0 Å². The zero-order chi connectivity index (χ0) is 17.5. The SMILES string of the molecule is C[C@@H]1CC[C@]2(C)C(C(=O)[O-])=C[C@@H](O)C[C@H]2[C@@]1(C)CCc1ccoc1. The molecule has 0 spiro atoms. The minimum absolute atomic E-state index is 0.0276. The summed E-state index contributed by atoms with van der Waals surface area (Å²) in [6, 6.07) is 1.98. The van der Waals surface area contributed by atoms with Crippen LogP contribution in [0.2, 0.25) is 0 Å². The number of aryl methyl sites for hydroxylation is 1. The number of carbonyl (C=O) groups is 1. The first kappa shape index (κ1) is 17.3. The third-order valence-electron chi connectivity index (χ3n) is 6.99. The van der Waals surface area contributed by atoms with E-state index in [1.165, 1.54) is 11.6 Å². The van der Waals surface area contributed by atoms with Crippen LogP contribution >= 0.6 is 0 Å². The van der Waals surface area contributed by atoms with Gasteiger partial charge in [0, 0.05) is 0 Å². The number of fused-ring (bicyclic) bond motifs is 1. The normalized spacial score (nSPS) is 39.2. The molecule has 1 fully saturated rings. The second-order valence-electron chi connectivity index (χ2n) is 8.22. The number of aliphatic hydroxyl groups is 1. The maximum absolute atomic E-state index is 11.7. The van der Waals surface area contributed by atoms with Gasteiger partial charge in [-0.3, -0.25) is 0 Å². The largest absolute Gasteiger partial charge is 0.545 e. The standard InChI is InChI=1S/C20H28O4/c1-13-4-7-20(3)16(18(22)23)10-15(21)11-17(20)19(13,2)8-5-14-6-9-24-12-14/h6,9-10,12-13,15,17,21H,4-5,7-8,11H2,1-3H3,(H,22,23)/p-1/t13-,15-,17+,19+,20-/m1/s1. The fourth-order valence-corrected chi connectivity index (χ4v) is 5.21. The summed E-state index contributed by atoms with van der Waals surface area (Å²) in [7, 11) is 0. The molecule has 0 unspecified atom stereocenters. The molecule has 0 aromatic carbocycles. The molecule has 1 saturated carbocycles. The Morgan fingerprint density at radius 2 is 2.21 bits per heavy atom. The fourth-order valence-electron chi connectivity index (χ4n) is 5.21. The van der Waals surface area contributed by atoms with Crippen molar-refractivity contribution in [2.24, 2.45) is 22.7 Å². The molecule has 4 heteroatoms. The van der Waals surface area contributed by atoms with E-state index >= 15 is 0 Å². The lowest BCUT2D eigenvalue weighted by molar-refractivity contribution is -0.302. The average molecular weight is 331 g/mol. The van der Waals surface area contributed by atoms with E-state index in [0.29, 0.717) is 17.9 Å². The molecular formula is C20H27O4-. The number of hydrogen-bond donors (Lipinski definition) is 1. The molecule has 0 amide bonds. The van der Waals surface area contributed by atoms with Crippen LogP contribution < -0.4 is 5.11 Å². The topological polar surface area (TPSA) is 73.5 Å². The van der Waals surface area contributed by atoms with Gasteiger partial charge in [-0.05, 0) is 72.0 Å². The van der Waals surface area contributed by atoms with Crippen molar-refractivity contribution in [2.75, 3.05) is 0 Å². The molecule has 132 valence electrons. The van der Waals surface area contributed by atoms with Crippen molar-refractivity contribution < 1.29 is 19.4 Å². The lowest BCUT2D eigenvalue weighted by atomic mass is 9.46. The summed E-state index contributed by atoms with van der Waals surface area (Å²) in [5.41, 5.74) is 1.02. The van der Waals surface area contributed by atoms with Crippen molar-refractivity contribution in [3.05, 3.63) is 35.8 Å². The van der Waals surface area contributed by atoms with Crippen LogP contribution in [0, 0.1) is 22.7 Å². The molecule has 1 heterocycles. The molecule has 1 aromatic heterocycles. The van der Waals surface area contributed by atoms with Gasteiger partial charge in [0.15, 0.2) is 0 Å². The Labute approximate surface area is 143 Å². The first-order valence-corrected chi connectivity index (χ1v) is 8.90.